The summed E-state index contributed by atoms with van der Waals surface area (Å²) in [6.07, 6.45) is -4.29. The molecular formula is C5H12O5. The largest absolute Gasteiger partial charge is 0.394 e. The van der Waals surface area contributed by atoms with E-state index in [1.165, 1.54) is 0 Å². The molecule has 0 aromatic carbocycles. The lowest BCUT2D eigenvalue weighted by Gasteiger charge is -2.19. The van der Waals surface area contributed by atoms with Crippen LogP contribution in [-0.2, 0) is 0 Å². The summed E-state index contributed by atoms with van der Waals surface area (Å²) in [4.78, 5) is 0. The number of hydrogen-bond donors (Lipinski definition) is 5. The maximum absolute atomic E-state index is 8.77. The maximum Gasteiger partial charge on any atom is 0.110 e. The smallest absolute Gasteiger partial charge is 0.110 e. The molecule has 0 aromatic heterocycles. The minimum Gasteiger partial charge on any atom is -0.394 e. The predicted octanol–water partition coefficient (Wildman–Crippen LogP) is -2.95. The van der Waals surface area contributed by atoms with Crippen LogP contribution in [0.5, 0.6) is 0 Å². The summed E-state index contributed by atoms with van der Waals surface area (Å²) in [5.74, 6) is 0. The van der Waals surface area contributed by atoms with Crippen LogP contribution >= 0.6 is 0 Å². The maximum atomic E-state index is 8.77. The molecule has 0 radical (unpaired) electrons. The molecule has 3 atom stereocenters. The monoisotopic (exact) mass is 153 g/mol. The first-order valence-corrected chi connectivity index (χ1v) is 2.89. The number of hydrogen-bond acceptors (Lipinski definition) is 5. The Kier molecular flexibility index (Phi) is 4.50. The fourth-order valence-corrected chi connectivity index (χ4v) is 0.472. The van der Waals surface area contributed by atoms with Crippen molar-refractivity contribution >= 4 is 0 Å². The van der Waals surface area contributed by atoms with Gasteiger partial charge in [0.1, 0.15) is 18.3 Å². The van der Waals surface area contributed by atoms with Crippen molar-refractivity contribution in [2.45, 2.75) is 18.3 Å². The molecule has 1 unspecified atom stereocenters. The fourth-order valence-electron chi connectivity index (χ4n) is 0.472. The standard InChI is InChI=1S/C5H12O5/c6-1-3(8)5(10)4(9)2-7/h3-10H,1-2H2/t3-,4+,5?/i5+1. The van der Waals surface area contributed by atoms with Crippen molar-refractivity contribution in [1.29, 1.82) is 0 Å². The Bertz CT molecular complexity index is 76.1. The first-order valence-electron chi connectivity index (χ1n) is 2.89. The summed E-state index contributed by atoms with van der Waals surface area (Å²) < 4.78 is 0. The van der Waals surface area contributed by atoms with Crippen LogP contribution in [0.4, 0.5) is 0 Å². The van der Waals surface area contributed by atoms with E-state index in [9.17, 15) is 0 Å². The van der Waals surface area contributed by atoms with E-state index < -0.39 is 31.5 Å². The van der Waals surface area contributed by atoms with Gasteiger partial charge in [0.05, 0.1) is 13.2 Å². The molecule has 0 amide bonds. The van der Waals surface area contributed by atoms with Gasteiger partial charge in [-0.1, -0.05) is 0 Å². The zero-order valence-electron chi connectivity index (χ0n) is 5.38. The Hall–Kier alpha value is -0.200. The van der Waals surface area contributed by atoms with Crippen LogP contribution in [0.25, 0.3) is 0 Å². The van der Waals surface area contributed by atoms with Crippen LogP contribution < -0.4 is 0 Å². The summed E-state index contributed by atoms with van der Waals surface area (Å²) in [7, 11) is 0. The SMILES string of the molecule is OC[C@@H](O)[13CH](O)[C@@H](O)CO. The zero-order chi connectivity index (χ0) is 8.15. The first-order chi connectivity index (χ1) is 4.63. The Balaban J connectivity index is 3.69. The van der Waals surface area contributed by atoms with Gasteiger partial charge >= 0.3 is 0 Å². The highest BCUT2D eigenvalue weighted by atomic mass is 16.4. The summed E-state index contributed by atoms with van der Waals surface area (Å²) in [5.41, 5.74) is 0. The van der Waals surface area contributed by atoms with Crippen molar-refractivity contribution in [3.05, 3.63) is 0 Å². The molecule has 0 aromatic rings. The number of rotatable bonds is 4. The third kappa shape index (κ3) is 2.59. The average molecular weight is 153 g/mol. The Morgan fingerprint density at radius 2 is 1.10 bits per heavy atom. The van der Waals surface area contributed by atoms with Crippen LogP contribution in [0.3, 0.4) is 0 Å². The van der Waals surface area contributed by atoms with Gasteiger partial charge in [-0.25, -0.2) is 0 Å². The van der Waals surface area contributed by atoms with Crippen molar-refractivity contribution in [2.75, 3.05) is 13.2 Å². The average Bonchev–Trinajstić information content (AvgIpc) is 2.00. The molecule has 0 heterocycles. The second-order valence-electron chi connectivity index (χ2n) is 1.99. The van der Waals surface area contributed by atoms with Crippen LogP contribution in [-0.4, -0.2) is 57.1 Å². The van der Waals surface area contributed by atoms with Crippen molar-refractivity contribution in [3.63, 3.8) is 0 Å². The normalized spacial score (nSPS) is 20.1. The lowest BCUT2D eigenvalue weighted by atomic mass is 10.4. The Morgan fingerprint density at radius 1 is 0.800 bits per heavy atom. The van der Waals surface area contributed by atoms with Crippen LogP contribution in [0.15, 0.2) is 0 Å². The summed E-state index contributed by atoms with van der Waals surface area (Å²) >= 11 is 0. The van der Waals surface area contributed by atoms with Gasteiger partial charge in [-0.2, -0.15) is 0 Å². The second kappa shape index (κ2) is 4.59. The molecule has 0 saturated heterocycles. The van der Waals surface area contributed by atoms with E-state index in [1.54, 1.807) is 0 Å². The molecule has 5 heteroatoms. The van der Waals surface area contributed by atoms with Crippen molar-refractivity contribution in [1.82, 2.24) is 0 Å². The molecule has 10 heavy (non-hydrogen) atoms. The van der Waals surface area contributed by atoms with E-state index in [0.717, 1.165) is 0 Å². The molecule has 0 rings (SSSR count). The van der Waals surface area contributed by atoms with E-state index in [2.05, 4.69) is 0 Å². The Labute approximate surface area is 58.2 Å². The molecule has 0 bridgehead atoms. The van der Waals surface area contributed by atoms with E-state index in [4.69, 9.17) is 25.5 Å². The fraction of sp³-hybridized carbons (Fsp3) is 1.00. The van der Waals surface area contributed by atoms with Gasteiger partial charge in [0.25, 0.3) is 0 Å². The van der Waals surface area contributed by atoms with Crippen molar-refractivity contribution < 1.29 is 25.5 Å². The molecular weight excluding hydrogens is 141 g/mol. The minimum absolute atomic E-state index is 0.641. The third-order valence-electron chi connectivity index (χ3n) is 1.16. The summed E-state index contributed by atoms with van der Waals surface area (Å²) in [6, 6.07) is 0. The highest BCUT2D eigenvalue weighted by Gasteiger charge is 2.22. The van der Waals surface area contributed by atoms with Crippen molar-refractivity contribution in [2.24, 2.45) is 0 Å². The van der Waals surface area contributed by atoms with Crippen molar-refractivity contribution in [3.8, 4) is 0 Å². The zero-order valence-corrected chi connectivity index (χ0v) is 5.38. The van der Waals surface area contributed by atoms with E-state index >= 15 is 0 Å². The van der Waals surface area contributed by atoms with E-state index in [1.807, 2.05) is 0 Å². The molecule has 5 nitrogen and oxygen atoms in total. The highest BCUT2D eigenvalue weighted by molar-refractivity contribution is 4.73. The summed E-state index contributed by atoms with van der Waals surface area (Å²) in [5, 5.41) is 42.6. The van der Waals surface area contributed by atoms with Crippen LogP contribution in [0, 0.1) is 0 Å². The van der Waals surface area contributed by atoms with Gasteiger partial charge in [0.15, 0.2) is 0 Å². The quantitative estimate of drug-likeness (QED) is 0.278. The number of aliphatic hydroxyl groups is 5. The molecule has 0 fully saturated rings. The molecule has 0 aliphatic heterocycles. The van der Waals surface area contributed by atoms with Crippen LogP contribution in [0.2, 0.25) is 0 Å². The molecule has 0 aliphatic rings. The van der Waals surface area contributed by atoms with Gasteiger partial charge in [-0.3, -0.25) is 0 Å². The predicted molar refractivity (Wildman–Crippen MR) is 32.2 cm³/mol. The molecule has 0 saturated carbocycles. The molecule has 62 valence electrons. The molecule has 5 N–H and O–H groups in total. The van der Waals surface area contributed by atoms with Gasteiger partial charge in [0.2, 0.25) is 0 Å². The topological polar surface area (TPSA) is 101 Å². The lowest BCUT2D eigenvalue weighted by Crippen LogP contribution is -2.41. The van der Waals surface area contributed by atoms with Gasteiger partial charge in [-0.15, -0.1) is 0 Å². The Morgan fingerprint density at radius 3 is 1.30 bits per heavy atom. The second-order valence-corrected chi connectivity index (χ2v) is 1.99. The van der Waals surface area contributed by atoms with E-state index in [0.29, 0.717) is 0 Å². The third-order valence-corrected chi connectivity index (χ3v) is 1.16. The lowest BCUT2D eigenvalue weighted by molar-refractivity contribution is -0.0900. The van der Waals surface area contributed by atoms with Crippen LogP contribution in [0.1, 0.15) is 0 Å². The minimum atomic E-state index is -1.49. The molecule has 0 spiro atoms. The van der Waals surface area contributed by atoms with Gasteiger partial charge in [-0.05, 0) is 0 Å². The highest BCUT2D eigenvalue weighted by Crippen LogP contribution is 1.97. The molecule has 0 aliphatic carbocycles. The van der Waals surface area contributed by atoms with Gasteiger partial charge < -0.3 is 25.5 Å². The van der Waals surface area contributed by atoms with E-state index in [-0.39, 0.29) is 0 Å². The summed E-state index contributed by atoms with van der Waals surface area (Å²) in [6.45, 7) is -1.28. The first kappa shape index (κ1) is 9.80. The number of aliphatic hydroxyl groups excluding tert-OH is 5. The van der Waals surface area contributed by atoms with Gasteiger partial charge in [0, 0.05) is 0 Å².